The van der Waals surface area contributed by atoms with Crippen LogP contribution in [-0.2, 0) is 19.1 Å². The molecule has 0 saturated carbocycles. The van der Waals surface area contributed by atoms with E-state index in [0.29, 0.717) is 19.8 Å². The molecule has 6 nitrogen and oxygen atoms in total. The fourth-order valence-corrected chi connectivity index (χ4v) is 1.44. The van der Waals surface area contributed by atoms with Gasteiger partial charge >= 0.3 is 5.97 Å². The molecule has 0 aromatic heterocycles. The Morgan fingerprint density at radius 3 is 2.69 bits per heavy atom. The maximum atomic E-state index is 11.8. The largest absolute Gasteiger partial charge is 0.467 e. The molecular weight excluding hydrogens is 212 g/mol. The highest BCUT2D eigenvalue weighted by atomic mass is 16.5. The minimum atomic E-state index is -1.02. The summed E-state index contributed by atoms with van der Waals surface area (Å²) in [7, 11) is 1.29. The van der Waals surface area contributed by atoms with Crippen LogP contribution in [0.3, 0.4) is 0 Å². The first kappa shape index (κ1) is 12.9. The maximum Gasteiger partial charge on any atom is 0.330 e. The third-order valence-electron chi connectivity index (χ3n) is 2.37. The Balaban J connectivity index is 2.52. The van der Waals surface area contributed by atoms with Crippen molar-refractivity contribution in [2.75, 3.05) is 26.9 Å². The van der Waals surface area contributed by atoms with Crippen LogP contribution < -0.4 is 10.6 Å². The molecule has 2 N–H and O–H groups in total. The molecule has 0 aliphatic carbocycles. The summed E-state index contributed by atoms with van der Waals surface area (Å²) in [5.74, 6) is -0.729. The summed E-state index contributed by atoms with van der Waals surface area (Å²) < 4.78 is 9.76. The van der Waals surface area contributed by atoms with E-state index in [1.807, 2.05) is 0 Å². The zero-order valence-electron chi connectivity index (χ0n) is 9.83. The number of ether oxygens (including phenoxy) is 2. The number of carbonyl (C=O) groups excluding carboxylic acids is 2. The predicted molar refractivity (Wildman–Crippen MR) is 56.8 cm³/mol. The van der Waals surface area contributed by atoms with Gasteiger partial charge in [-0.05, 0) is 13.8 Å². The summed E-state index contributed by atoms with van der Waals surface area (Å²) in [6, 6.07) is -0.405. The van der Waals surface area contributed by atoms with E-state index in [4.69, 9.17) is 4.74 Å². The molecule has 1 aliphatic heterocycles. The van der Waals surface area contributed by atoms with Crippen LogP contribution in [0.4, 0.5) is 0 Å². The van der Waals surface area contributed by atoms with Crippen LogP contribution in [0.5, 0.6) is 0 Å². The molecule has 6 heteroatoms. The van der Waals surface area contributed by atoms with E-state index >= 15 is 0 Å². The number of carbonyl (C=O) groups is 2. The number of rotatable bonds is 3. The van der Waals surface area contributed by atoms with Crippen molar-refractivity contribution < 1.29 is 19.1 Å². The second-order valence-corrected chi connectivity index (χ2v) is 4.19. The lowest BCUT2D eigenvalue weighted by molar-refractivity contribution is -0.150. The second kappa shape index (κ2) is 5.27. The molecule has 1 aliphatic rings. The fourth-order valence-electron chi connectivity index (χ4n) is 1.44. The van der Waals surface area contributed by atoms with E-state index in [2.05, 4.69) is 15.4 Å². The number of amides is 1. The molecule has 0 spiro atoms. The lowest BCUT2D eigenvalue weighted by Gasteiger charge is -2.28. The van der Waals surface area contributed by atoms with Crippen LogP contribution in [0.2, 0.25) is 0 Å². The molecule has 1 heterocycles. The van der Waals surface area contributed by atoms with E-state index in [9.17, 15) is 9.59 Å². The number of morpholine rings is 1. The average Bonchev–Trinajstić information content (AvgIpc) is 2.28. The third kappa shape index (κ3) is 3.18. The van der Waals surface area contributed by atoms with Gasteiger partial charge in [0.2, 0.25) is 5.91 Å². The molecule has 1 atom stereocenters. The number of hydrogen-bond acceptors (Lipinski definition) is 5. The monoisotopic (exact) mass is 230 g/mol. The molecule has 1 amide bonds. The van der Waals surface area contributed by atoms with Crippen LogP contribution in [0, 0.1) is 0 Å². The van der Waals surface area contributed by atoms with Crippen LogP contribution in [-0.4, -0.2) is 50.3 Å². The van der Waals surface area contributed by atoms with Crippen molar-refractivity contribution in [2.45, 2.75) is 25.4 Å². The predicted octanol–water partition coefficient (Wildman–Crippen LogP) is -0.957. The molecule has 0 aromatic carbocycles. The minimum Gasteiger partial charge on any atom is -0.467 e. The molecule has 0 radical (unpaired) electrons. The SMILES string of the molecule is COC(=O)C(C)(C)NC(=O)C1COCCN1. The van der Waals surface area contributed by atoms with Crippen molar-refractivity contribution in [1.29, 1.82) is 0 Å². The lowest BCUT2D eigenvalue weighted by atomic mass is 10.1. The number of methoxy groups -OCH3 is 1. The molecule has 0 bridgehead atoms. The topological polar surface area (TPSA) is 76.7 Å². The number of esters is 1. The van der Waals surface area contributed by atoms with E-state index in [-0.39, 0.29) is 5.91 Å². The molecule has 1 fully saturated rings. The first-order valence-corrected chi connectivity index (χ1v) is 5.19. The highest BCUT2D eigenvalue weighted by Gasteiger charge is 2.33. The summed E-state index contributed by atoms with van der Waals surface area (Å²) >= 11 is 0. The third-order valence-corrected chi connectivity index (χ3v) is 2.37. The van der Waals surface area contributed by atoms with Gasteiger partial charge in [-0.2, -0.15) is 0 Å². The van der Waals surface area contributed by atoms with Gasteiger partial charge in [0.15, 0.2) is 0 Å². The summed E-state index contributed by atoms with van der Waals surface area (Å²) in [5, 5.41) is 5.63. The average molecular weight is 230 g/mol. The van der Waals surface area contributed by atoms with Crippen molar-refractivity contribution in [1.82, 2.24) is 10.6 Å². The van der Waals surface area contributed by atoms with Crippen molar-refractivity contribution in [3.63, 3.8) is 0 Å². The zero-order chi connectivity index (χ0) is 12.2. The Bertz CT molecular complexity index is 272. The minimum absolute atomic E-state index is 0.255. The summed E-state index contributed by atoms with van der Waals surface area (Å²) in [6.45, 7) is 4.75. The first-order valence-electron chi connectivity index (χ1n) is 5.19. The van der Waals surface area contributed by atoms with Gasteiger partial charge in [0, 0.05) is 6.54 Å². The van der Waals surface area contributed by atoms with E-state index in [1.165, 1.54) is 7.11 Å². The normalized spacial score (nSPS) is 21.3. The molecule has 1 unspecified atom stereocenters. The van der Waals surface area contributed by atoms with Crippen LogP contribution in [0.1, 0.15) is 13.8 Å². The van der Waals surface area contributed by atoms with Crippen molar-refractivity contribution in [2.24, 2.45) is 0 Å². The van der Waals surface area contributed by atoms with Gasteiger partial charge in [-0.15, -0.1) is 0 Å². The summed E-state index contributed by atoms with van der Waals surface area (Å²) in [6.07, 6.45) is 0. The van der Waals surface area contributed by atoms with E-state index in [1.54, 1.807) is 13.8 Å². The molecule has 0 aromatic rings. The smallest absolute Gasteiger partial charge is 0.330 e. The van der Waals surface area contributed by atoms with E-state index in [0.717, 1.165) is 0 Å². The van der Waals surface area contributed by atoms with Crippen LogP contribution in [0.15, 0.2) is 0 Å². The van der Waals surface area contributed by atoms with Gasteiger partial charge in [0.1, 0.15) is 11.6 Å². The Morgan fingerprint density at radius 1 is 1.50 bits per heavy atom. The van der Waals surface area contributed by atoms with Gasteiger partial charge in [-0.3, -0.25) is 4.79 Å². The quantitative estimate of drug-likeness (QED) is 0.611. The Hall–Kier alpha value is -1.14. The molecular formula is C10H18N2O4. The highest BCUT2D eigenvalue weighted by Crippen LogP contribution is 2.05. The second-order valence-electron chi connectivity index (χ2n) is 4.19. The van der Waals surface area contributed by atoms with Crippen molar-refractivity contribution in [3.8, 4) is 0 Å². The highest BCUT2D eigenvalue weighted by molar-refractivity contribution is 5.89. The summed E-state index contributed by atoms with van der Waals surface area (Å²) in [4.78, 5) is 23.1. The Kier molecular flexibility index (Phi) is 4.26. The van der Waals surface area contributed by atoms with E-state index < -0.39 is 17.6 Å². The Morgan fingerprint density at radius 2 is 2.19 bits per heavy atom. The van der Waals surface area contributed by atoms with Gasteiger partial charge in [0.25, 0.3) is 0 Å². The lowest BCUT2D eigenvalue weighted by Crippen LogP contribution is -2.58. The van der Waals surface area contributed by atoms with Gasteiger partial charge < -0.3 is 20.1 Å². The molecule has 92 valence electrons. The first-order chi connectivity index (χ1) is 7.47. The maximum absolute atomic E-state index is 11.8. The molecule has 1 rings (SSSR count). The zero-order valence-corrected chi connectivity index (χ0v) is 9.83. The number of nitrogens with one attached hydrogen (secondary N) is 2. The van der Waals surface area contributed by atoms with Crippen LogP contribution in [0.25, 0.3) is 0 Å². The summed E-state index contributed by atoms with van der Waals surface area (Å²) in [5.41, 5.74) is -1.02. The van der Waals surface area contributed by atoms with Gasteiger partial charge in [0.05, 0.1) is 20.3 Å². The standard InChI is InChI=1S/C10H18N2O4/c1-10(2,9(14)15-3)12-8(13)7-6-16-5-4-11-7/h7,11H,4-6H2,1-3H3,(H,12,13). The molecule has 16 heavy (non-hydrogen) atoms. The molecule has 1 saturated heterocycles. The van der Waals surface area contributed by atoms with Crippen LogP contribution >= 0.6 is 0 Å². The van der Waals surface area contributed by atoms with Crippen molar-refractivity contribution >= 4 is 11.9 Å². The van der Waals surface area contributed by atoms with Gasteiger partial charge in [-0.1, -0.05) is 0 Å². The number of hydrogen-bond donors (Lipinski definition) is 2. The Labute approximate surface area is 94.7 Å². The van der Waals surface area contributed by atoms with Crippen molar-refractivity contribution in [3.05, 3.63) is 0 Å². The fraction of sp³-hybridized carbons (Fsp3) is 0.800. The van der Waals surface area contributed by atoms with Gasteiger partial charge in [-0.25, -0.2) is 4.79 Å².